The summed E-state index contributed by atoms with van der Waals surface area (Å²) in [4.78, 5) is 0. The predicted octanol–water partition coefficient (Wildman–Crippen LogP) is 2.21. The van der Waals surface area contributed by atoms with Crippen LogP contribution >= 0.6 is 0 Å². The number of nitrogen functional groups attached to an aromatic ring is 1. The van der Waals surface area contributed by atoms with Crippen molar-refractivity contribution in [2.45, 2.75) is 32.1 Å². The third-order valence-corrected chi connectivity index (χ3v) is 2.84. The average Bonchev–Trinajstić information content (AvgIpc) is 2.18. The first-order valence-corrected chi connectivity index (χ1v) is 5.08. The normalized spacial score (nSPS) is 14.5. The van der Waals surface area contributed by atoms with Crippen molar-refractivity contribution in [3.05, 3.63) is 28.8 Å². The SMILES string of the molecule is N#CCc1cc(N)c2c(c1)CCCC2. The molecule has 0 fully saturated rings. The van der Waals surface area contributed by atoms with Crippen molar-refractivity contribution in [2.24, 2.45) is 0 Å². The molecule has 1 aliphatic rings. The highest BCUT2D eigenvalue weighted by atomic mass is 14.6. The lowest BCUT2D eigenvalue weighted by Gasteiger charge is -2.18. The lowest BCUT2D eigenvalue weighted by molar-refractivity contribution is 0.686. The van der Waals surface area contributed by atoms with E-state index < -0.39 is 0 Å². The average molecular weight is 186 g/mol. The van der Waals surface area contributed by atoms with Crippen molar-refractivity contribution in [1.29, 1.82) is 5.26 Å². The Balaban J connectivity index is 2.42. The highest BCUT2D eigenvalue weighted by molar-refractivity contribution is 5.54. The molecule has 0 saturated heterocycles. The molecule has 0 saturated carbocycles. The van der Waals surface area contributed by atoms with E-state index in [0.717, 1.165) is 24.1 Å². The number of fused-ring (bicyclic) bond motifs is 1. The van der Waals surface area contributed by atoms with Crippen LogP contribution in [-0.2, 0) is 19.3 Å². The van der Waals surface area contributed by atoms with Crippen molar-refractivity contribution in [3.8, 4) is 6.07 Å². The number of hydrogen-bond donors (Lipinski definition) is 1. The van der Waals surface area contributed by atoms with Gasteiger partial charge in [-0.05, 0) is 48.4 Å². The Morgan fingerprint density at radius 2 is 2.07 bits per heavy atom. The Labute approximate surface area is 84.3 Å². The third kappa shape index (κ3) is 1.58. The summed E-state index contributed by atoms with van der Waals surface area (Å²) in [6.07, 6.45) is 5.20. The largest absolute Gasteiger partial charge is 0.398 e. The first-order valence-electron chi connectivity index (χ1n) is 5.08. The van der Waals surface area contributed by atoms with E-state index in [1.54, 1.807) is 0 Å². The number of rotatable bonds is 1. The Hall–Kier alpha value is -1.49. The van der Waals surface area contributed by atoms with Crippen molar-refractivity contribution in [3.63, 3.8) is 0 Å². The molecule has 2 N–H and O–H groups in total. The third-order valence-electron chi connectivity index (χ3n) is 2.84. The Bertz CT molecular complexity index is 388. The van der Waals surface area contributed by atoms with Crippen LogP contribution < -0.4 is 5.73 Å². The van der Waals surface area contributed by atoms with Crippen LogP contribution in [0.4, 0.5) is 5.69 Å². The van der Waals surface area contributed by atoms with E-state index in [1.165, 1.54) is 24.0 Å². The minimum atomic E-state index is 0.470. The van der Waals surface area contributed by atoms with E-state index in [2.05, 4.69) is 12.1 Å². The molecule has 1 aromatic carbocycles. The summed E-state index contributed by atoms with van der Waals surface area (Å²) < 4.78 is 0. The molecule has 0 aromatic heterocycles. The van der Waals surface area contributed by atoms with Crippen molar-refractivity contribution >= 4 is 5.69 Å². The van der Waals surface area contributed by atoms with Crippen LogP contribution in [0.1, 0.15) is 29.5 Å². The van der Waals surface area contributed by atoms with Gasteiger partial charge in [0.1, 0.15) is 0 Å². The van der Waals surface area contributed by atoms with Crippen molar-refractivity contribution in [2.75, 3.05) is 5.73 Å². The molecule has 0 spiro atoms. The van der Waals surface area contributed by atoms with Gasteiger partial charge in [-0.25, -0.2) is 0 Å². The molecule has 0 heterocycles. The molecule has 1 aromatic rings. The maximum absolute atomic E-state index is 8.62. The van der Waals surface area contributed by atoms with Crippen LogP contribution in [0.3, 0.4) is 0 Å². The Morgan fingerprint density at radius 1 is 1.29 bits per heavy atom. The van der Waals surface area contributed by atoms with Gasteiger partial charge in [0, 0.05) is 5.69 Å². The van der Waals surface area contributed by atoms with Gasteiger partial charge in [0.15, 0.2) is 0 Å². The van der Waals surface area contributed by atoms with Crippen LogP contribution in [-0.4, -0.2) is 0 Å². The van der Waals surface area contributed by atoms with Gasteiger partial charge in [-0.2, -0.15) is 5.26 Å². The van der Waals surface area contributed by atoms with Crippen LogP contribution in [0.5, 0.6) is 0 Å². The molecular weight excluding hydrogens is 172 g/mol. The zero-order valence-electron chi connectivity index (χ0n) is 8.21. The zero-order valence-corrected chi connectivity index (χ0v) is 8.21. The molecule has 14 heavy (non-hydrogen) atoms. The maximum atomic E-state index is 8.62. The van der Waals surface area contributed by atoms with E-state index in [0.29, 0.717) is 6.42 Å². The predicted molar refractivity (Wildman–Crippen MR) is 56.8 cm³/mol. The Morgan fingerprint density at radius 3 is 2.86 bits per heavy atom. The van der Waals surface area contributed by atoms with Crippen molar-refractivity contribution in [1.82, 2.24) is 0 Å². The van der Waals surface area contributed by atoms with Gasteiger partial charge in [-0.15, -0.1) is 0 Å². The maximum Gasteiger partial charge on any atom is 0.0669 e. The van der Waals surface area contributed by atoms with E-state index in [9.17, 15) is 0 Å². The molecule has 0 unspecified atom stereocenters. The summed E-state index contributed by atoms with van der Waals surface area (Å²) in [7, 11) is 0. The van der Waals surface area contributed by atoms with E-state index >= 15 is 0 Å². The van der Waals surface area contributed by atoms with E-state index in [-0.39, 0.29) is 0 Å². The Kier molecular flexibility index (Phi) is 2.41. The fraction of sp³-hybridized carbons (Fsp3) is 0.417. The quantitative estimate of drug-likeness (QED) is 0.683. The smallest absolute Gasteiger partial charge is 0.0669 e. The second kappa shape index (κ2) is 3.71. The molecule has 0 atom stereocenters. The lowest BCUT2D eigenvalue weighted by Crippen LogP contribution is -2.07. The molecule has 0 radical (unpaired) electrons. The van der Waals surface area contributed by atoms with E-state index in [1.807, 2.05) is 6.07 Å². The molecule has 2 rings (SSSR count). The van der Waals surface area contributed by atoms with Crippen LogP contribution in [0, 0.1) is 11.3 Å². The summed E-state index contributed by atoms with van der Waals surface area (Å²) in [5.74, 6) is 0. The number of nitriles is 1. The van der Waals surface area contributed by atoms with Gasteiger partial charge in [-0.3, -0.25) is 0 Å². The number of aryl methyl sites for hydroxylation is 1. The van der Waals surface area contributed by atoms with Gasteiger partial charge in [0.05, 0.1) is 12.5 Å². The van der Waals surface area contributed by atoms with Crippen molar-refractivity contribution < 1.29 is 0 Å². The highest BCUT2D eigenvalue weighted by Crippen LogP contribution is 2.27. The van der Waals surface area contributed by atoms with Crippen LogP contribution in [0.25, 0.3) is 0 Å². The highest BCUT2D eigenvalue weighted by Gasteiger charge is 2.12. The molecule has 2 nitrogen and oxygen atoms in total. The van der Waals surface area contributed by atoms with Crippen LogP contribution in [0.2, 0.25) is 0 Å². The second-order valence-electron chi connectivity index (χ2n) is 3.86. The summed E-state index contributed by atoms with van der Waals surface area (Å²) in [5.41, 5.74) is 10.6. The first-order chi connectivity index (χ1) is 6.81. The molecule has 1 aliphatic carbocycles. The molecular formula is C12H14N2. The minimum absolute atomic E-state index is 0.470. The molecule has 72 valence electrons. The standard InChI is InChI=1S/C12H14N2/c13-6-5-9-7-10-3-1-2-4-11(10)12(14)8-9/h7-8H,1-5,14H2. The van der Waals surface area contributed by atoms with Gasteiger partial charge in [-0.1, -0.05) is 6.07 Å². The number of benzene rings is 1. The fourth-order valence-corrected chi connectivity index (χ4v) is 2.16. The first kappa shape index (κ1) is 9.08. The zero-order chi connectivity index (χ0) is 9.97. The molecule has 0 amide bonds. The van der Waals surface area contributed by atoms with Gasteiger partial charge in [0.25, 0.3) is 0 Å². The van der Waals surface area contributed by atoms with Crippen LogP contribution in [0.15, 0.2) is 12.1 Å². The van der Waals surface area contributed by atoms with Gasteiger partial charge < -0.3 is 5.73 Å². The van der Waals surface area contributed by atoms with E-state index in [4.69, 9.17) is 11.0 Å². The molecule has 0 bridgehead atoms. The summed E-state index contributed by atoms with van der Waals surface area (Å²) in [5, 5.41) is 8.62. The monoisotopic (exact) mass is 186 g/mol. The fourth-order valence-electron chi connectivity index (χ4n) is 2.16. The lowest BCUT2D eigenvalue weighted by atomic mass is 9.88. The number of anilines is 1. The summed E-state index contributed by atoms with van der Waals surface area (Å²) in [6.45, 7) is 0. The van der Waals surface area contributed by atoms with Gasteiger partial charge in [0.2, 0.25) is 0 Å². The number of nitrogens with two attached hydrogens (primary N) is 1. The second-order valence-corrected chi connectivity index (χ2v) is 3.86. The summed E-state index contributed by atoms with van der Waals surface area (Å²) in [6, 6.07) is 6.26. The van der Waals surface area contributed by atoms with Gasteiger partial charge >= 0.3 is 0 Å². The topological polar surface area (TPSA) is 49.8 Å². The number of nitrogens with zero attached hydrogens (tertiary/aromatic N) is 1. The summed E-state index contributed by atoms with van der Waals surface area (Å²) >= 11 is 0. The molecule has 0 aliphatic heterocycles. The molecule has 2 heteroatoms. The minimum Gasteiger partial charge on any atom is -0.398 e. The number of hydrogen-bond acceptors (Lipinski definition) is 2.